The smallest absolute Gasteiger partial charge is 0.310 e. The molecule has 0 aromatic carbocycles. The second-order valence-electron chi connectivity index (χ2n) is 13.6. The first kappa shape index (κ1) is 51.0. The Hall–Kier alpha value is -3.41. The molecule has 286 valence electrons. The Balaban J connectivity index is -0.000000674. The lowest BCUT2D eigenvalue weighted by Gasteiger charge is -2.15. The van der Waals surface area contributed by atoms with Gasteiger partial charge in [0, 0.05) is 25.7 Å². The minimum absolute atomic E-state index is 0.126. The van der Waals surface area contributed by atoms with Gasteiger partial charge in [0.2, 0.25) is 0 Å². The summed E-state index contributed by atoms with van der Waals surface area (Å²) in [6.07, 6.45) is 19.3. The average Bonchev–Trinajstić information content (AvgIpc) is 3.04. The van der Waals surface area contributed by atoms with Crippen molar-refractivity contribution < 1.29 is 28.6 Å². The minimum Gasteiger partial charge on any atom is -0.465 e. The van der Waals surface area contributed by atoms with E-state index in [-0.39, 0.29) is 17.9 Å². The lowest BCUT2D eigenvalue weighted by Crippen LogP contribution is -2.04. The first-order valence-electron chi connectivity index (χ1n) is 18.6. The fourth-order valence-electron chi connectivity index (χ4n) is 4.12. The summed E-state index contributed by atoms with van der Waals surface area (Å²) >= 11 is 0. The van der Waals surface area contributed by atoms with Crippen molar-refractivity contribution in [1.29, 1.82) is 0 Å². The molecule has 50 heavy (non-hydrogen) atoms. The maximum Gasteiger partial charge on any atom is 0.310 e. The fourth-order valence-corrected chi connectivity index (χ4v) is 4.12. The third-order valence-electron chi connectivity index (χ3n) is 7.63. The quantitative estimate of drug-likeness (QED) is 0.0328. The van der Waals surface area contributed by atoms with E-state index in [4.69, 9.17) is 14.2 Å². The number of carbonyl (C=O) groups is 3. The Morgan fingerprint density at radius 1 is 0.640 bits per heavy atom. The average molecular weight is 699 g/mol. The lowest BCUT2D eigenvalue weighted by atomic mass is 9.90. The SMILES string of the molecule is C=C(C)CCC(C/C=C(/C)CCOC(=O)CC)C(=C)C.C=C(C)CCC/C(C)=C\COC(=O)CC.C=C(C=COC(=O)CC)CCCC(C)C. The molecule has 0 bridgehead atoms. The number of hydrogen-bond acceptors (Lipinski definition) is 6. The third kappa shape index (κ3) is 39.0. The fraction of sp³-hybridized carbons (Fsp3) is 0.614. The molecule has 6 heteroatoms. The second-order valence-corrected chi connectivity index (χ2v) is 13.6. The van der Waals surface area contributed by atoms with Crippen molar-refractivity contribution in [1.82, 2.24) is 0 Å². The van der Waals surface area contributed by atoms with E-state index in [1.165, 1.54) is 40.5 Å². The lowest BCUT2D eigenvalue weighted by molar-refractivity contribution is -0.143. The van der Waals surface area contributed by atoms with Crippen LogP contribution in [-0.2, 0) is 28.6 Å². The molecule has 0 spiro atoms. The summed E-state index contributed by atoms with van der Waals surface area (Å²) in [5.41, 5.74) is 7.24. The number of carbonyl (C=O) groups excluding carboxylic acids is 3. The monoisotopic (exact) mass is 699 g/mol. The van der Waals surface area contributed by atoms with Crippen LogP contribution in [0, 0.1) is 11.8 Å². The van der Waals surface area contributed by atoms with E-state index in [0.717, 1.165) is 69.3 Å². The second kappa shape index (κ2) is 34.1. The van der Waals surface area contributed by atoms with Crippen molar-refractivity contribution in [2.75, 3.05) is 13.2 Å². The number of esters is 3. The van der Waals surface area contributed by atoms with Crippen LogP contribution < -0.4 is 0 Å². The van der Waals surface area contributed by atoms with Crippen molar-refractivity contribution in [3.8, 4) is 0 Å². The molecular formula is C44H74O6. The van der Waals surface area contributed by atoms with Gasteiger partial charge < -0.3 is 14.2 Å². The summed E-state index contributed by atoms with van der Waals surface area (Å²) in [4.78, 5) is 32.7. The van der Waals surface area contributed by atoms with Crippen LogP contribution in [0.15, 0.2) is 84.2 Å². The topological polar surface area (TPSA) is 78.9 Å². The number of rotatable bonds is 24. The van der Waals surface area contributed by atoms with Gasteiger partial charge in [0.05, 0.1) is 12.9 Å². The largest absolute Gasteiger partial charge is 0.465 e. The molecule has 0 fully saturated rings. The van der Waals surface area contributed by atoms with Gasteiger partial charge in [-0.15, -0.1) is 13.2 Å². The Kier molecular flexibility index (Phi) is 34.7. The molecule has 0 rings (SSSR count). The molecule has 1 unspecified atom stereocenters. The first-order valence-corrected chi connectivity index (χ1v) is 18.6. The number of ether oxygens (including phenoxy) is 3. The van der Waals surface area contributed by atoms with Gasteiger partial charge in [-0.1, -0.05) is 93.7 Å². The van der Waals surface area contributed by atoms with Crippen molar-refractivity contribution >= 4 is 17.9 Å². The van der Waals surface area contributed by atoms with Crippen LogP contribution in [0.5, 0.6) is 0 Å². The summed E-state index contributed by atoms with van der Waals surface area (Å²) < 4.78 is 14.9. The van der Waals surface area contributed by atoms with Gasteiger partial charge in [-0.25, -0.2) is 0 Å². The molecule has 0 aliphatic carbocycles. The Morgan fingerprint density at radius 2 is 1.20 bits per heavy atom. The molecule has 0 aliphatic heterocycles. The molecule has 0 heterocycles. The van der Waals surface area contributed by atoms with Gasteiger partial charge in [0.1, 0.15) is 6.61 Å². The van der Waals surface area contributed by atoms with Crippen molar-refractivity contribution in [3.05, 3.63) is 84.2 Å². The van der Waals surface area contributed by atoms with Crippen LogP contribution in [0.3, 0.4) is 0 Å². The zero-order valence-corrected chi connectivity index (χ0v) is 33.8. The van der Waals surface area contributed by atoms with Crippen molar-refractivity contribution in [2.45, 2.75) is 153 Å². The van der Waals surface area contributed by atoms with E-state index >= 15 is 0 Å². The molecule has 6 nitrogen and oxygen atoms in total. The van der Waals surface area contributed by atoms with Crippen LogP contribution in [0.1, 0.15) is 153 Å². The van der Waals surface area contributed by atoms with E-state index < -0.39 is 0 Å². The van der Waals surface area contributed by atoms with Crippen LogP contribution in [-0.4, -0.2) is 31.1 Å². The molecule has 0 aromatic heterocycles. The highest BCUT2D eigenvalue weighted by molar-refractivity contribution is 5.69. The van der Waals surface area contributed by atoms with Gasteiger partial charge in [0.15, 0.2) is 0 Å². The summed E-state index contributed by atoms with van der Waals surface area (Å²) in [6.45, 7) is 36.8. The third-order valence-corrected chi connectivity index (χ3v) is 7.63. The first-order chi connectivity index (χ1) is 23.5. The molecular weight excluding hydrogens is 624 g/mol. The Bertz CT molecular complexity index is 1100. The van der Waals surface area contributed by atoms with E-state index in [2.05, 4.69) is 73.9 Å². The predicted molar refractivity (Wildman–Crippen MR) is 214 cm³/mol. The van der Waals surface area contributed by atoms with E-state index in [1.54, 1.807) is 19.9 Å². The maximum atomic E-state index is 11.0. The molecule has 0 saturated carbocycles. The molecule has 0 N–H and O–H groups in total. The molecule has 0 aromatic rings. The van der Waals surface area contributed by atoms with Gasteiger partial charge in [-0.2, -0.15) is 0 Å². The Labute approximate surface area is 307 Å². The van der Waals surface area contributed by atoms with Crippen LogP contribution in [0.2, 0.25) is 0 Å². The maximum absolute atomic E-state index is 11.0. The standard InChI is InChI=1S/C18H30O2.2C13H22O2/c1-7-18(19)20-13-12-16(6)9-11-17(15(4)5)10-8-14(2)3;2*1-5-13(14)15-10-9-12(4)8-6-7-11(2)3/h9,17H,2,4,7-8,10-13H2,1,3,5-6H3;9-11H,4-8H2,1-3H3;9H,2,5-8,10H2,1,3-4H3/b16-9-;;12-9-. The number of hydrogen-bond donors (Lipinski definition) is 0. The highest BCUT2D eigenvalue weighted by Crippen LogP contribution is 2.23. The molecule has 0 aliphatic rings. The van der Waals surface area contributed by atoms with Crippen LogP contribution >= 0.6 is 0 Å². The Morgan fingerprint density at radius 3 is 1.72 bits per heavy atom. The normalized spacial score (nSPS) is 11.8. The van der Waals surface area contributed by atoms with Crippen LogP contribution in [0.4, 0.5) is 0 Å². The number of allylic oxidation sites excluding steroid dienone is 7. The molecule has 0 amide bonds. The minimum atomic E-state index is -0.207. The zero-order valence-electron chi connectivity index (χ0n) is 33.8. The highest BCUT2D eigenvalue weighted by atomic mass is 16.5. The van der Waals surface area contributed by atoms with Gasteiger partial charge in [-0.3, -0.25) is 14.4 Å². The highest BCUT2D eigenvalue weighted by Gasteiger charge is 2.08. The summed E-state index contributed by atoms with van der Waals surface area (Å²) in [5.74, 6) is 0.779. The molecule has 1 atom stereocenters. The summed E-state index contributed by atoms with van der Waals surface area (Å²) in [7, 11) is 0. The van der Waals surface area contributed by atoms with Crippen LogP contribution in [0.25, 0.3) is 0 Å². The van der Waals surface area contributed by atoms with E-state index in [1.807, 2.05) is 19.9 Å². The van der Waals surface area contributed by atoms with Gasteiger partial charge in [-0.05, 0) is 110 Å². The zero-order chi connectivity index (χ0) is 38.9. The van der Waals surface area contributed by atoms with Crippen molar-refractivity contribution in [2.24, 2.45) is 11.8 Å². The van der Waals surface area contributed by atoms with Crippen molar-refractivity contribution in [3.63, 3.8) is 0 Å². The van der Waals surface area contributed by atoms with E-state index in [0.29, 0.717) is 38.4 Å². The molecule has 0 radical (unpaired) electrons. The van der Waals surface area contributed by atoms with Gasteiger partial charge >= 0.3 is 17.9 Å². The predicted octanol–water partition coefficient (Wildman–Crippen LogP) is 12.7. The summed E-state index contributed by atoms with van der Waals surface area (Å²) in [5, 5.41) is 0. The molecule has 0 saturated heterocycles. The van der Waals surface area contributed by atoms with Gasteiger partial charge in [0.25, 0.3) is 0 Å². The summed E-state index contributed by atoms with van der Waals surface area (Å²) in [6, 6.07) is 0. The van der Waals surface area contributed by atoms with E-state index in [9.17, 15) is 14.4 Å².